The maximum absolute atomic E-state index is 11.8. The highest BCUT2D eigenvalue weighted by atomic mass is 16.2. The zero-order chi connectivity index (χ0) is 13.9. The van der Waals surface area contributed by atoms with E-state index in [0.29, 0.717) is 23.9 Å². The van der Waals surface area contributed by atoms with Gasteiger partial charge in [0.05, 0.1) is 0 Å². The molecule has 5 nitrogen and oxygen atoms in total. The molecule has 0 unspecified atom stereocenters. The molecular weight excluding hydrogens is 254 g/mol. The molecule has 106 valence electrons. The molecule has 1 aromatic carbocycles. The van der Waals surface area contributed by atoms with Gasteiger partial charge in [0.15, 0.2) is 0 Å². The molecular formula is C15H19N3O2. The Kier molecular flexibility index (Phi) is 3.69. The van der Waals surface area contributed by atoms with Crippen molar-refractivity contribution in [2.45, 2.75) is 25.3 Å². The molecule has 5 heteroatoms. The summed E-state index contributed by atoms with van der Waals surface area (Å²) in [5.41, 5.74) is 1.38. The van der Waals surface area contributed by atoms with Gasteiger partial charge in [-0.05, 0) is 56.1 Å². The number of nitrogens with one attached hydrogen (secondary N) is 3. The van der Waals surface area contributed by atoms with Gasteiger partial charge in [-0.2, -0.15) is 0 Å². The Morgan fingerprint density at radius 1 is 1.15 bits per heavy atom. The molecule has 1 aliphatic heterocycles. The van der Waals surface area contributed by atoms with E-state index >= 15 is 0 Å². The predicted molar refractivity (Wildman–Crippen MR) is 76.5 cm³/mol. The van der Waals surface area contributed by atoms with Gasteiger partial charge < -0.3 is 16.0 Å². The number of hydrogen-bond acceptors (Lipinski definition) is 3. The van der Waals surface area contributed by atoms with Gasteiger partial charge in [0.25, 0.3) is 5.91 Å². The topological polar surface area (TPSA) is 70.2 Å². The van der Waals surface area contributed by atoms with E-state index < -0.39 is 0 Å². The van der Waals surface area contributed by atoms with Crippen LogP contribution >= 0.6 is 0 Å². The summed E-state index contributed by atoms with van der Waals surface area (Å²) in [5.74, 6) is 0.455. The molecule has 1 heterocycles. The van der Waals surface area contributed by atoms with Gasteiger partial charge in [0.1, 0.15) is 0 Å². The second-order valence-corrected chi connectivity index (χ2v) is 5.60. The molecule has 1 aromatic rings. The van der Waals surface area contributed by atoms with Crippen LogP contribution in [-0.4, -0.2) is 30.9 Å². The van der Waals surface area contributed by atoms with Crippen LogP contribution in [-0.2, 0) is 4.79 Å². The third-order valence-electron chi connectivity index (χ3n) is 3.68. The molecule has 20 heavy (non-hydrogen) atoms. The highest BCUT2D eigenvalue weighted by molar-refractivity contribution is 5.96. The Morgan fingerprint density at radius 3 is 2.40 bits per heavy atom. The smallest absolute Gasteiger partial charge is 0.251 e. The summed E-state index contributed by atoms with van der Waals surface area (Å²) in [6.07, 6.45) is 2.71. The molecule has 2 fully saturated rings. The van der Waals surface area contributed by atoms with Crippen molar-refractivity contribution in [3.05, 3.63) is 29.8 Å². The molecule has 0 atom stereocenters. The highest BCUT2D eigenvalue weighted by Gasteiger charge is 2.23. The van der Waals surface area contributed by atoms with Crippen molar-refractivity contribution in [2.75, 3.05) is 18.4 Å². The maximum atomic E-state index is 11.8. The minimum Gasteiger partial charge on any atom is -0.349 e. The first-order valence-electron chi connectivity index (χ1n) is 7.12. The molecule has 2 aliphatic rings. The molecule has 0 spiro atoms. The Labute approximate surface area is 118 Å². The van der Waals surface area contributed by atoms with Crippen LogP contribution in [0.3, 0.4) is 0 Å². The quantitative estimate of drug-likeness (QED) is 0.753. The minimum absolute atomic E-state index is 0.0340. The van der Waals surface area contributed by atoms with Crippen LogP contribution in [0.2, 0.25) is 0 Å². The summed E-state index contributed by atoms with van der Waals surface area (Å²) in [5, 5.41) is 8.95. The van der Waals surface area contributed by atoms with Crippen molar-refractivity contribution in [1.29, 1.82) is 0 Å². The molecule has 0 radical (unpaired) electrons. The van der Waals surface area contributed by atoms with Gasteiger partial charge >= 0.3 is 0 Å². The fourth-order valence-corrected chi connectivity index (χ4v) is 2.17. The number of benzene rings is 1. The average molecular weight is 273 g/mol. The first-order valence-corrected chi connectivity index (χ1v) is 7.12. The van der Waals surface area contributed by atoms with Gasteiger partial charge in [-0.15, -0.1) is 0 Å². The van der Waals surface area contributed by atoms with Gasteiger partial charge in [-0.25, -0.2) is 0 Å². The summed E-state index contributed by atoms with van der Waals surface area (Å²) in [6, 6.07) is 7.41. The molecule has 0 bridgehead atoms. The zero-order valence-corrected chi connectivity index (χ0v) is 11.3. The van der Waals surface area contributed by atoms with Crippen molar-refractivity contribution >= 4 is 17.5 Å². The second-order valence-electron chi connectivity index (χ2n) is 5.60. The largest absolute Gasteiger partial charge is 0.349 e. The Hall–Kier alpha value is -1.88. The number of anilines is 1. The number of carbonyl (C=O) groups excluding carboxylic acids is 2. The van der Waals surface area contributed by atoms with Crippen molar-refractivity contribution in [3.8, 4) is 0 Å². The Balaban J connectivity index is 1.52. The normalized spacial score (nSPS) is 18.2. The van der Waals surface area contributed by atoms with Crippen LogP contribution in [0.1, 0.15) is 29.6 Å². The van der Waals surface area contributed by atoms with Gasteiger partial charge in [-0.1, -0.05) is 0 Å². The van der Waals surface area contributed by atoms with Crippen LogP contribution in [0.4, 0.5) is 5.69 Å². The van der Waals surface area contributed by atoms with Crippen molar-refractivity contribution in [3.63, 3.8) is 0 Å². The number of amides is 2. The molecule has 1 saturated carbocycles. The van der Waals surface area contributed by atoms with E-state index in [1.165, 1.54) is 0 Å². The third-order valence-corrected chi connectivity index (χ3v) is 3.68. The fraction of sp³-hybridized carbons (Fsp3) is 0.467. The van der Waals surface area contributed by atoms with Crippen LogP contribution in [0.5, 0.6) is 0 Å². The van der Waals surface area contributed by atoms with Gasteiger partial charge in [-0.3, -0.25) is 9.59 Å². The summed E-state index contributed by atoms with van der Waals surface area (Å²) in [4.78, 5) is 23.6. The summed E-state index contributed by atoms with van der Waals surface area (Å²) in [6.45, 7) is 1.85. The lowest BCUT2D eigenvalue weighted by atomic mass is 9.99. The lowest BCUT2D eigenvalue weighted by Gasteiger charge is -2.26. The van der Waals surface area contributed by atoms with Crippen LogP contribution in [0.25, 0.3) is 0 Å². The van der Waals surface area contributed by atoms with E-state index in [-0.39, 0.29) is 11.8 Å². The van der Waals surface area contributed by atoms with Crippen molar-refractivity contribution in [2.24, 2.45) is 5.92 Å². The van der Waals surface area contributed by atoms with Crippen LogP contribution < -0.4 is 16.0 Å². The second kappa shape index (κ2) is 5.63. The monoisotopic (exact) mass is 273 g/mol. The maximum Gasteiger partial charge on any atom is 0.251 e. The highest BCUT2D eigenvalue weighted by Crippen LogP contribution is 2.20. The van der Waals surface area contributed by atoms with Crippen molar-refractivity contribution in [1.82, 2.24) is 10.6 Å². The van der Waals surface area contributed by atoms with E-state index in [1.807, 2.05) is 0 Å². The van der Waals surface area contributed by atoms with E-state index in [9.17, 15) is 9.59 Å². The zero-order valence-electron chi connectivity index (χ0n) is 11.3. The molecule has 0 aromatic heterocycles. The SMILES string of the molecule is O=C(CC1CNC1)Nc1ccc(C(=O)NC2CC2)cc1. The fourth-order valence-electron chi connectivity index (χ4n) is 2.17. The van der Waals surface area contributed by atoms with Gasteiger partial charge in [0, 0.05) is 23.7 Å². The third kappa shape index (κ3) is 3.36. The van der Waals surface area contributed by atoms with Crippen molar-refractivity contribution < 1.29 is 9.59 Å². The number of rotatable bonds is 5. The number of hydrogen-bond donors (Lipinski definition) is 3. The molecule has 1 aliphatic carbocycles. The van der Waals surface area contributed by atoms with E-state index in [1.54, 1.807) is 24.3 Å². The molecule has 3 N–H and O–H groups in total. The van der Waals surface area contributed by atoms with Crippen LogP contribution in [0.15, 0.2) is 24.3 Å². The van der Waals surface area contributed by atoms with E-state index in [4.69, 9.17) is 0 Å². The lowest BCUT2D eigenvalue weighted by molar-refractivity contribution is -0.117. The molecule has 2 amide bonds. The Bertz CT molecular complexity index is 504. The lowest BCUT2D eigenvalue weighted by Crippen LogP contribution is -2.43. The molecule has 3 rings (SSSR count). The first-order chi connectivity index (χ1) is 9.70. The summed E-state index contributed by atoms with van der Waals surface area (Å²) < 4.78 is 0. The number of carbonyl (C=O) groups is 2. The van der Waals surface area contributed by atoms with Gasteiger partial charge in [0.2, 0.25) is 5.91 Å². The van der Waals surface area contributed by atoms with Crippen LogP contribution in [0, 0.1) is 5.92 Å². The predicted octanol–water partition coefficient (Wildman–Crippen LogP) is 1.13. The summed E-state index contributed by atoms with van der Waals surface area (Å²) >= 11 is 0. The Morgan fingerprint density at radius 2 is 1.85 bits per heavy atom. The standard InChI is InChI=1S/C15H19N3O2/c19-14(7-10-8-16-9-10)17-12-3-1-11(2-4-12)15(20)18-13-5-6-13/h1-4,10,13,16H,5-9H2,(H,17,19)(H,18,20). The minimum atomic E-state index is -0.0362. The van der Waals surface area contributed by atoms with E-state index in [0.717, 1.165) is 31.6 Å². The first kappa shape index (κ1) is 13.1. The average Bonchev–Trinajstić information content (AvgIpc) is 3.19. The summed E-state index contributed by atoms with van der Waals surface area (Å²) in [7, 11) is 0. The van der Waals surface area contributed by atoms with E-state index in [2.05, 4.69) is 16.0 Å². The molecule has 1 saturated heterocycles.